The van der Waals surface area contributed by atoms with E-state index in [1.165, 1.54) is 0 Å². The van der Waals surface area contributed by atoms with Gasteiger partial charge in [0.05, 0.1) is 11.8 Å². The van der Waals surface area contributed by atoms with Gasteiger partial charge in [-0.25, -0.2) is 0 Å². The van der Waals surface area contributed by atoms with Crippen molar-refractivity contribution in [3.63, 3.8) is 0 Å². The Hall–Kier alpha value is -2.17. The lowest BCUT2D eigenvalue weighted by Crippen LogP contribution is -2.16. The average Bonchev–Trinajstić information content (AvgIpc) is 3.04. The van der Waals surface area contributed by atoms with Crippen molar-refractivity contribution in [2.75, 3.05) is 6.61 Å². The number of nitrogens with zero attached hydrogens (tertiary/aromatic N) is 2. The molecule has 2 heterocycles. The molecule has 3 rings (SSSR count). The number of Topliss-reactive ketones (excluding diaryl/α,β-unsaturated/α-hetero) is 1. The van der Waals surface area contributed by atoms with E-state index in [4.69, 9.17) is 9.26 Å². The van der Waals surface area contributed by atoms with Crippen LogP contribution in [0.3, 0.4) is 0 Å². The van der Waals surface area contributed by atoms with Gasteiger partial charge in [0.25, 0.3) is 0 Å². The van der Waals surface area contributed by atoms with Gasteiger partial charge < -0.3 is 9.26 Å². The highest BCUT2D eigenvalue weighted by molar-refractivity contribution is 5.82. The Bertz CT molecular complexity index is 663. The van der Waals surface area contributed by atoms with Crippen molar-refractivity contribution in [2.24, 2.45) is 5.92 Å². The van der Waals surface area contributed by atoms with Crippen LogP contribution in [0, 0.1) is 5.92 Å². The van der Waals surface area contributed by atoms with Gasteiger partial charge in [0.1, 0.15) is 18.1 Å². The average molecular weight is 286 g/mol. The summed E-state index contributed by atoms with van der Waals surface area (Å²) in [5.41, 5.74) is 1.06. The van der Waals surface area contributed by atoms with Crippen molar-refractivity contribution in [1.29, 1.82) is 0 Å². The van der Waals surface area contributed by atoms with Gasteiger partial charge in [0, 0.05) is 5.56 Å². The van der Waals surface area contributed by atoms with Gasteiger partial charge in [-0.05, 0) is 18.9 Å². The van der Waals surface area contributed by atoms with Crippen LogP contribution in [0.5, 0.6) is 5.75 Å². The molecule has 1 aliphatic rings. The van der Waals surface area contributed by atoms with E-state index in [0.717, 1.165) is 11.3 Å². The van der Waals surface area contributed by atoms with E-state index in [0.29, 0.717) is 18.3 Å². The lowest BCUT2D eigenvalue weighted by molar-refractivity contribution is -0.119. The van der Waals surface area contributed by atoms with Crippen LogP contribution in [-0.2, 0) is 4.79 Å². The lowest BCUT2D eigenvalue weighted by Gasteiger charge is -2.12. The smallest absolute Gasteiger partial charge is 0.237 e. The number of para-hydroxylation sites is 1. The Morgan fingerprint density at radius 3 is 2.81 bits per heavy atom. The summed E-state index contributed by atoms with van der Waals surface area (Å²) >= 11 is 0. The van der Waals surface area contributed by atoms with Crippen molar-refractivity contribution in [3.8, 4) is 5.75 Å². The Kier molecular flexibility index (Phi) is 3.49. The fraction of sp³-hybridized carbons (Fsp3) is 0.438. The number of benzene rings is 1. The second kappa shape index (κ2) is 5.31. The second-order valence-electron chi connectivity index (χ2n) is 5.72. The molecule has 0 bridgehead atoms. The molecule has 0 saturated carbocycles. The number of fused-ring (bicyclic) bond motifs is 1. The van der Waals surface area contributed by atoms with Gasteiger partial charge >= 0.3 is 0 Å². The first kappa shape index (κ1) is 13.8. The van der Waals surface area contributed by atoms with Crippen LogP contribution < -0.4 is 4.74 Å². The number of rotatable bonds is 4. The van der Waals surface area contributed by atoms with Crippen molar-refractivity contribution in [1.82, 2.24) is 10.1 Å². The topological polar surface area (TPSA) is 65.2 Å². The molecule has 0 fully saturated rings. The highest BCUT2D eigenvalue weighted by atomic mass is 16.5. The minimum Gasteiger partial charge on any atom is -0.492 e. The first-order valence-electron chi connectivity index (χ1n) is 7.13. The summed E-state index contributed by atoms with van der Waals surface area (Å²) in [5, 5.41) is 4.06. The summed E-state index contributed by atoms with van der Waals surface area (Å²) in [6.07, 6.45) is 0. The number of carbonyl (C=O) groups excluding carboxylic acids is 1. The third kappa shape index (κ3) is 2.44. The summed E-state index contributed by atoms with van der Waals surface area (Å²) in [4.78, 5) is 16.2. The Morgan fingerprint density at radius 1 is 1.33 bits per heavy atom. The Balaban J connectivity index is 1.91. The molecule has 0 N–H and O–H groups in total. The van der Waals surface area contributed by atoms with Crippen LogP contribution in [-0.4, -0.2) is 22.5 Å². The summed E-state index contributed by atoms with van der Waals surface area (Å²) < 4.78 is 11.0. The molecule has 0 aliphatic carbocycles. The van der Waals surface area contributed by atoms with Crippen molar-refractivity contribution < 1.29 is 14.1 Å². The molecule has 2 aromatic rings. The van der Waals surface area contributed by atoms with Crippen LogP contribution in [0.1, 0.15) is 49.9 Å². The summed E-state index contributed by atoms with van der Waals surface area (Å²) in [6, 6.07) is 7.85. The van der Waals surface area contributed by atoms with Crippen molar-refractivity contribution in [3.05, 3.63) is 41.5 Å². The van der Waals surface area contributed by atoms with E-state index in [1.807, 2.05) is 38.1 Å². The normalized spacial score (nSPS) is 18.4. The van der Waals surface area contributed by atoms with Gasteiger partial charge in [-0.15, -0.1) is 0 Å². The molecule has 0 spiro atoms. The second-order valence-corrected chi connectivity index (χ2v) is 5.72. The molecule has 0 amide bonds. The van der Waals surface area contributed by atoms with E-state index >= 15 is 0 Å². The van der Waals surface area contributed by atoms with Crippen molar-refractivity contribution >= 4 is 5.78 Å². The van der Waals surface area contributed by atoms with E-state index in [-0.39, 0.29) is 23.5 Å². The maximum Gasteiger partial charge on any atom is 0.237 e. The molecular weight excluding hydrogens is 268 g/mol. The quantitative estimate of drug-likeness (QED) is 0.864. The number of ketones is 1. The van der Waals surface area contributed by atoms with Gasteiger partial charge in [-0.1, -0.05) is 37.2 Å². The number of carbonyl (C=O) groups is 1. The molecule has 21 heavy (non-hydrogen) atoms. The molecule has 5 nitrogen and oxygen atoms in total. The molecule has 1 aliphatic heterocycles. The van der Waals surface area contributed by atoms with Crippen LogP contribution in [0.15, 0.2) is 28.8 Å². The number of hydrogen-bond donors (Lipinski definition) is 0. The Morgan fingerprint density at radius 2 is 2.10 bits per heavy atom. The Labute approximate surface area is 123 Å². The van der Waals surface area contributed by atoms with Crippen molar-refractivity contribution in [2.45, 2.75) is 32.6 Å². The molecule has 0 radical (unpaired) electrons. The molecule has 2 atom stereocenters. The molecule has 110 valence electrons. The van der Waals surface area contributed by atoms with E-state index in [2.05, 4.69) is 10.1 Å². The minimum absolute atomic E-state index is 0.0292. The predicted octanol–water partition coefficient (Wildman–Crippen LogP) is 2.92. The molecule has 1 aromatic heterocycles. The number of ether oxygens (including phenoxy) is 1. The zero-order valence-electron chi connectivity index (χ0n) is 12.4. The largest absolute Gasteiger partial charge is 0.492 e. The zero-order chi connectivity index (χ0) is 15.0. The standard InChI is InChI=1S/C16H18N2O3/c1-9(2)14(10(3)19)16-17-15(18-21-16)12-8-20-13-7-5-4-6-11(12)13/h4-7,9,12,14H,8H2,1-3H3. The summed E-state index contributed by atoms with van der Waals surface area (Å²) in [5.74, 6) is 1.65. The summed E-state index contributed by atoms with van der Waals surface area (Å²) in [7, 11) is 0. The highest BCUT2D eigenvalue weighted by Gasteiger charge is 2.32. The SMILES string of the molecule is CC(=O)C(c1nc(C2COc3ccccc32)no1)C(C)C. The summed E-state index contributed by atoms with van der Waals surface area (Å²) in [6.45, 7) is 6.01. The first-order valence-corrected chi connectivity index (χ1v) is 7.13. The monoisotopic (exact) mass is 286 g/mol. The van der Waals surface area contributed by atoms with Crippen LogP contribution in [0.25, 0.3) is 0 Å². The van der Waals surface area contributed by atoms with Crippen LogP contribution in [0.2, 0.25) is 0 Å². The maximum absolute atomic E-state index is 11.8. The van der Waals surface area contributed by atoms with Gasteiger partial charge in [-0.2, -0.15) is 4.98 Å². The third-order valence-electron chi connectivity index (χ3n) is 3.84. The lowest BCUT2D eigenvalue weighted by atomic mass is 9.92. The molecule has 0 saturated heterocycles. The van der Waals surface area contributed by atoms with E-state index < -0.39 is 0 Å². The maximum atomic E-state index is 11.8. The first-order chi connectivity index (χ1) is 10.1. The highest BCUT2D eigenvalue weighted by Crippen LogP contribution is 2.37. The fourth-order valence-electron chi connectivity index (χ4n) is 2.82. The van der Waals surface area contributed by atoms with E-state index in [9.17, 15) is 4.79 Å². The number of hydrogen-bond acceptors (Lipinski definition) is 5. The minimum atomic E-state index is -0.344. The van der Waals surface area contributed by atoms with Crippen LogP contribution in [0.4, 0.5) is 0 Å². The van der Waals surface area contributed by atoms with Gasteiger partial charge in [0.15, 0.2) is 5.82 Å². The van der Waals surface area contributed by atoms with Crippen LogP contribution >= 0.6 is 0 Å². The van der Waals surface area contributed by atoms with Gasteiger partial charge in [0.2, 0.25) is 5.89 Å². The number of aromatic nitrogens is 2. The van der Waals surface area contributed by atoms with E-state index in [1.54, 1.807) is 6.92 Å². The third-order valence-corrected chi connectivity index (χ3v) is 3.84. The molecule has 5 heteroatoms. The zero-order valence-corrected chi connectivity index (χ0v) is 12.4. The predicted molar refractivity (Wildman–Crippen MR) is 76.3 cm³/mol. The fourth-order valence-corrected chi connectivity index (χ4v) is 2.82. The molecule has 2 unspecified atom stereocenters. The molecule has 1 aromatic carbocycles. The van der Waals surface area contributed by atoms with Gasteiger partial charge in [-0.3, -0.25) is 4.79 Å². The molecular formula is C16H18N2O3.